The lowest BCUT2D eigenvalue weighted by Gasteiger charge is -2.32. The van der Waals surface area contributed by atoms with Crippen molar-refractivity contribution in [1.29, 1.82) is 0 Å². The summed E-state index contributed by atoms with van der Waals surface area (Å²) in [5.74, 6) is -1.07. The summed E-state index contributed by atoms with van der Waals surface area (Å²) in [5, 5.41) is 4.73. The summed E-state index contributed by atoms with van der Waals surface area (Å²) in [6.07, 6.45) is 3.15. The zero-order chi connectivity index (χ0) is 25.7. The van der Waals surface area contributed by atoms with Crippen LogP contribution in [0.3, 0.4) is 0 Å². The van der Waals surface area contributed by atoms with Gasteiger partial charge in [-0.05, 0) is 44.9 Å². The van der Waals surface area contributed by atoms with Crippen molar-refractivity contribution in [2.45, 2.75) is 26.7 Å². The minimum Gasteiger partial charge on any atom is -0.466 e. The number of carbonyl (C=O) groups is 3. The summed E-state index contributed by atoms with van der Waals surface area (Å²) >= 11 is 0. The molecule has 36 heavy (non-hydrogen) atoms. The van der Waals surface area contributed by atoms with Gasteiger partial charge < -0.3 is 14.5 Å². The highest BCUT2D eigenvalue weighted by atomic mass is 16.5. The Bertz CT molecular complexity index is 1240. The zero-order valence-electron chi connectivity index (χ0n) is 21.0. The van der Waals surface area contributed by atoms with E-state index in [1.807, 2.05) is 61.5 Å². The molecule has 1 fully saturated rings. The van der Waals surface area contributed by atoms with E-state index in [2.05, 4.69) is 0 Å². The van der Waals surface area contributed by atoms with Crippen LogP contribution in [0.1, 0.15) is 35.7 Å². The van der Waals surface area contributed by atoms with E-state index in [4.69, 9.17) is 9.84 Å². The predicted molar refractivity (Wildman–Crippen MR) is 137 cm³/mol. The molecule has 8 nitrogen and oxygen atoms in total. The number of ether oxygens (including phenoxy) is 1. The van der Waals surface area contributed by atoms with E-state index >= 15 is 0 Å². The molecule has 0 aliphatic carbocycles. The number of piperidine rings is 1. The Kier molecular flexibility index (Phi) is 7.83. The third-order valence-corrected chi connectivity index (χ3v) is 6.37. The topological polar surface area (TPSA) is 84.7 Å². The highest BCUT2D eigenvalue weighted by Gasteiger charge is 2.31. The molecular weight excluding hydrogens is 456 g/mol. The second-order valence-electron chi connectivity index (χ2n) is 9.13. The van der Waals surface area contributed by atoms with E-state index in [1.54, 1.807) is 29.7 Å². The standard InChI is InChI=1S/C28H32N4O4/c1-4-36-28(35)22-12-9-15-31(17-22)25(33)19-30(3)27(34)24-18-32(23-13-6-5-7-14-23)29-26(24)21-11-8-10-20(2)16-21/h5-8,10-11,13-14,16,18,22H,4,9,12,15,17,19H2,1-3H3. The molecule has 2 heterocycles. The largest absolute Gasteiger partial charge is 0.466 e. The number of nitrogens with zero attached hydrogens (tertiary/aromatic N) is 4. The predicted octanol–water partition coefficient (Wildman–Crippen LogP) is 3.72. The van der Waals surface area contributed by atoms with Crippen LogP contribution in [-0.2, 0) is 14.3 Å². The molecule has 1 saturated heterocycles. The molecule has 2 amide bonds. The van der Waals surface area contributed by atoms with E-state index in [-0.39, 0.29) is 30.2 Å². The minimum absolute atomic E-state index is 0.0852. The summed E-state index contributed by atoms with van der Waals surface area (Å²) in [6, 6.07) is 17.4. The molecule has 0 saturated carbocycles. The van der Waals surface area contributed by atoms with Crippen LogP contribution in [0.4, 0.5) is 0 Å². The summed E-state index contributed by atoms with van der Waals surface area (Å²) in [4.78, 5) is 41.9. The van der Waals surface area contributed by atoms with Crippen molar-refractivity contribution in [3.63, 3.8) is 0 Å². The third kappa shape index (κ3) is 5.64. The average molecular weight is 489 g/mol. The summed E-state index contributed by atoms with van der Waals surface area (Å²) in [7, 11) is 1.62. The van der Waals surface area contributed by atoms with Crippen LogP contribution in [0, 0.1) is 12.8 Å². The molecule has 0 spiro atoms. The van der Waals surface area contributed by atoms with E-state index in [1.165, 1.54) is 4.90 Å². The first kappa shape index (κ1) is 25.2. The molecule has 3 aromatic rings. The maximum Gasteiger partial charge on any atom is 0.310 e. The Morgan fingerprint density at radius 2 is 1.89 bits per heavy atom. The molecule has 4 rings (SSSR count). The van der Waals surface area contributed by atoms with Crippen molar-refractivity contribution >= 4 is 17.8 Å². The van der Waals surface area contributed by atoms with Crippen molar-refractivity contribution in [3.8, 4) is 16.9 Å². The Morgan fingerprint density at radius 1 is 1.11 bits per heavy atom. The number of hydrogen-bond acceptors (Lipinski definition) is 5. The fourth-order valence-corrected chi connectivity index (χ4v) is 4.49. The maximum atomic E-state index is 13.6. The Balaban J connectivity index is 1.55. The van der Waals surface area contributed by atoms with Crippen LogP contribution >= 0.6 is 0 Å². The fourth-order valence-electron chi connectivity index (χ4n) is 4.49. The molecule has 0 radical (unpaired) electrons. The zero-order valence-corrected chi connectivity index (χ0v) is 21.0. The van der Waals surface area contributed by atoms with E-state index < -0.39 is 0 Å². The summed E-state index contributed by atoms with van der Waals surface area (Å²) in [6.45, 7) is 4.89. The van der Waals surface area contributed by atoms with Gasteiger partial charge >= 0.3 is 5.97 Å². The monoisotopic (exact) mass is 488 g/mol. The number of hydrogen-bond donors (Lipinski definition) is 0. The molecule has 8 heteroatoms. The van der Waals surface area contributed by atoms with Gasteiger partial charge in [0, 0.05) is 31.9 Å². The van der Waals surface area contributed by atoms with Gasteiger partial charge in [0.05, 0.1) is 30.3 Å². The molecule has 0 N–H and O–H groups in total. The Labute approximate surface area is 211 Å². The number of rotatable bonds is 7. The third-order valence-electron chi connectivity index (χ3n) is 6.37. The summed E-state index contributed by atoms with van der Waals surface area (Å²) in [5.41, 5.74) is 3.71. The van der Waals surface area contributed by atoms with Gasteiger partial charge in [0.1, 0.15) is 5.69 Å². The highest BCUT2D eigenvalue weighted by Crippen LogP contribution is 2.26. The highest BCUT2D eigenvalue weighted by molar-refractivity contribution is 6.01. The SMILES string of the molecule is CCOC(=O)C1CCCN(C(=O)CN(C)C(=O)c2cn(-c3ccccc3)nc2-c2cccc(C)c2)C1. The number of carbonyl (C=O) groups excluding carboxylic acids is 3. The summed E-state index contributed by atoms with van der Waals surface area (Å²) < 4.78 is 6.83. The second-order valence-corrected chi connectivity index (χ2v) is 9.13. The van der Waals surface area contributed by atoms with Gasteiger partial charge in [-0.2, -0.15) is 5.10 Å². The Morgan fingerprint density at radius 3 is 2.61 bits per heavy atom. The number of likely N-dealkylation sites (tertiary alicyclic amines) is 1. The van der Waals surface area contributed by atoms with Gasteiger partial charge in [0.15, 0.2) is 0 Å². The molecule has 1 aromatic heterocycles. The second kappa shape index (κ2) is 11.2. The number of amides is 2. The number of aryl methyl sites for hydroxylation is 1. The van der Waals surface area contributed by atoms with Crippen LogP contribution in [0.5, 0.6) is 0 Å². The van der Waals surface area contributed by atoms with Crippen molar-refractivity contribution in [2.24, 2.45) is 5.92 Å². The number of esters is 1. The molecule has 0 bridgehead atoms. The van der Waals surface area contributed by atoms with Crippen molar-refractivity contribution in [2.75, 3.05) is 33.3 Å². The molecule has 1 atom stereocenters. The fraction of sp³-hybridized carbons (Fsp3) is 0.357. The van der Waals surface area contributed by atoms with E-state index in [0.29, 0.717) is 37.4 Å². The van der Waals surface area contributed by atoms with E-state index in [9.17, 15) is 14.4 Å². The van der Waals surface area contributed by atoms with Crippen LogP contribution in [0.15, 0.2) is 60.8 Å². The van der Waals surface area contributed by atoms with Crippen molar-refractivity contribution in [3.05, 3.63) is 71.9 Å². The first-order chi connectivity index (χ1) is 17.4. The molecular formula is C28H32N4O4. The van der Waals surface area contributed by atoms with Gasteiger partial charge in [-0.1, -0.05) is 42.0 Å². The molecule has 1 unspecified atom stereocenters. The molecule has 1 aliphatic heterocycles. The minimum atomic E-state index is -0.319. The van der Waals surface area contributed by atoms with E-state index in [0.717, 1.165) is 23.2 Å². The van der Waals surface area contributed by atoms with Gasteiger partial charge in [-0.25, -0.2) is 4.68 Å². The number of benzene rings is 2. The van der Waals surface area contributed by atoms with Gasteiger partial charge in [0.2, 0.25) is 5.91 Å². The number of para-hydroxylation sites is 1. The molecule has 2 aromatic carbocycles. The first-order valence-corrected chi connectivity index (χ1v) is 12.3. The molecule has 188 valence electrons. The average Bonchev–Trinajstić information content (AvgIpc) is 3.34. The Hall–Kier alpha value is -3.94. The smallest absolute Gasteiger partial charge is 0.310 e. The van der Waals surface area contributed by atoms with Crippen LogP contribution in [0.25, 0.3) is 16.9 Å². The number of aromatic nitrogens is 2. The van der Waals surface area contributed by atoms with Crippen LogP contribution in [0.2, 0.25) is 0 Å². The normalized spacial score (nSPS) is 15.4. The van der Waals surface area contributed by atoms with Gasteiger partial charge in [-0.15, -0.1) is 0 Å². The van der Waals surface area contributed by atoms with Crippen LogP contribution < -0.4 is 0 Å². The van der Waals surface area contributed by atoms with Gasteiger partial charge in [-0.3, -0.25) is 14.4 Å². The number of likely N-dealkylation sites (N-methyl/N-ethyl adjacent to an activating group) is 1. The maximum absolute atomic E-state index is 13.6. The first-order valence-electron chi connectivity index (χ1n) is 12.3. The lowest BCUT2D eigenvalue weighted by atomic mass is 9.98. The quantitative estimate of drug-likeness (QED) is 0.473. The van der Waals surface area contributed by atoms with Crippen molar-refractivity contribution in [1.82, 2.24) is 19.6 Å². The van der Waals surface area contributed by atoms with Gasteiger partial charge in [0.25, 0.3) is 5.91 Å². The van der Waals surface area contributed by atoms with Crippen molar-refractivity contribution < 1.29 is 19.1 Å². The lowest BCUT2D eigenvalue weighted by molar-refractivity contribution is -0.151. The molecule has 1 aliphatic rings. The van der Waals surface area contributed by atoms with Crippen LogP contribution in [-0.4, -0.2) is 70.7 Å². The lowest BCUT2D eigenvalue weighted by Crippen LogP contribution is -2.47.